The van der Waals surface area contributed by atoms with Crippen LogP contribution in [0, 0.1) is 0 Å². The maximum atomic E-state index is 12.9. The highest BCUT2D eigenvalue weighted by Gasteiger charge is 2.55. The van der Waals surface area contributed by atoms with Gasteiger partial charge in [0.1, 0.15) is 6.54 Å². The summed E-state index contributed by atoms with van der Waals surface area (Å²) in [5.74, 6) is -0.224. The summed E-state index contributed by atoms with van der Waals surface area (Å²) in [6.45, 7) is 0.0454. The minimum absolute atomic E-state index is 0.0454. The van der Waals surface area contributed by atoms with Gasteiger partial charge in [-0.05, 0) is 24.3 Å². The maximum absolute atomic E-state index is 12.9. The van der Waals surface area contributed by atoms with Gasteiger partial charge in [0.2, 0.25) is 11.7 Å². The molecule has 0 radical (unpaired) electrons. The number of imide groups is 1. The van der Waals surface area contributed by atoms with Crippen molar-refractivity contribution >= 4 is 29.1 Å². The van der Waals surface area contributed by atoms with Crippen LogP contribution in [0.3, 0.4) is 0 Å². The molecule has 2 aromatic carbocycles. The lowest BCUT2D eigenvalue weighted by atomic mass is 10.1. The molecule has 2 aliphatic heterocycles. The van der Waals surface area contributed by atoms with Gasteiger partial charge in [-0.1, -0.05) is 52.3 Å². The molecule has 0 spiro atoms. The van der Waals surface area contributed by atoms with Crippen LogP contribution >= 0.6 is 11.6 Å². The lowest BCUT2D eigenvalue weighted by Gasteiger charge is -2.19. The summed E-state index contributed by atoms with van der Waals surface area (Å²) in [7, 11) is 0. The highest BCUT2D eigenvalue weighted by atomic mass is 35.5. The van der Waals surface area contributed by atoms with Crippen LogP contribution in [0.2, 0.25) is 5.02 Å². The molecule has 144 valence electrons. The van der Waals surface area contributed by atoms with Gasteiger partial charge in [0.25, 0.3) is 11.8 Å². The van der Waals surface area contributed by atoms with Gasteiger partial charge in [0, 0.05) is 5.56 Å². The standard InChI is InChI=1S/C19H13ClN6O3/c20-13-9-5-4-8-12(13)17-21-14(29-23-17)10-25-16-15(22-24-25)18(27)26(19(16)28)11-6-2-1-3-7-11/h1-9,15-16H,10H2/t15-,16-/m1/s1. The number of carbonyl (C=O) groups is 2. The van der Waals surface area contributed by atoms with E-state index in [1.54, 1.807) is 42.5 Å². The molecule has 2 aliphatic rings. The Morgan fingerprint density at radius 3 is 2.55 bits per heavy atom. The molecule has 1 saturated heterocycles. The second-order valence-corrected chi connectivity index (χ2v) is 6.94. The fourth-order valence-electron chi connectivity index (χ4n) is 3.39. The number of hydrogen-bond donors (Lipinski definition) is 0. The predicted octanol–water partition coefficient (Wildman–Crippen LogP) is 2.88. The first-order valence-electron chi connectivity index (χ1n) is 8.81. The highest BCUT2D eigenvalue weighted by Crippen LogP contribution is 2.33. The van der Waals surface area contributed by atoms with Crippen LogP contribution < -0.4 is 4.90 Å². The molecule has 0 saturated carbocycles. The van der Waals surface area contributed by atoms with E-state index >= 15 is 0 Å². The molecular weight excluding hydrogens is 396 g/mol. The zero-order valence-corrected chi connectivity index (χ0v) is 15.6. The zero-order valence-electron chi connectivity index (χ0n) is 14.8. The van der Waals surface area contributed by atoms with E-state index in [1.807, 2.05) is 12.1 Å². The third kappa shape index (κ3) is 2.87. The molecule has 3 heterocycles. The largest absolute Gasteiger partial charge is 0.337 e. The fraction of sp³-hybridized carbons (Fsp3) is 0.158. The number of benzene rings is 2. The molecule has 1 fully saturated rings. The molecule has 2 amide bonds. The molecule has 0 aliphatic carbocycles. The third-order valence-electron chi connectivity index (χ3n) is 4.75. The van der Waals surface area contributed by atoms with Gasteiger partial charge >= 0.3 is 0 Å². The van der Waals surface area contributed by atoms with Crippen molar-refractivity contribution in [1.82, 2.24) is 15.1 Å². The third-order valence-corrected chi connectivity index (χ3v) is 5.08. The normalized spacial score (nSPS) is 20.6. The number of rotatable bonds is 4. The Labute approximate surface area is 169 Å². The van der Waals surface area contributed by atoms with Crippen LogP contribution in [0.25, 0.3) is 11.4 Å². The molecule has 1 aromatic heterocycles. The van der Waals surface area contributed by atoms with Crippen LogP contribution in [0.15, 0.2) is 69.5 Å². The van der Waals surface area contributed by atoms with E-state index in [2.05, 4.69) is 20.5 Å². The molecule has 0 unspecified atom stereocenters. The number of fused-ring (bicyclic) bond motifs is 1. The van der Waals surface area contributed by atoms with E-state index < -0.39 is 18.0 Å². The van der Waals surface area contributed by atoms with Crippen molar-refractivity contribution in [2.45, 2.75) is 18.6 Å². The number of nitrogens with zero attached hydrogens (tertiary/aromatic N) is 6. The lowest BCUT2D eigenvalue weighted by Crippen LogP contribution is -2.39. The number of para-hydroxylation sites is 1. The Morgan fingerprint density at radius 1 is 1.00 bits per heavy atom. The number of carbonyl (C=O) groups excluding carboxylic acids is 2. The van der Waals surface area contributed by atoms with E-state index in [0.29, 0.717) is 22.1 Å². The molecule has 0 bridgehead atoms. The van der Waals surface area contributed by atoms with Crippen molar-refractivity contribution in [3.05, 3.63) is 65.5 Å². The van der Waals surface area contributed by atoms with Crippen molar-refractivity contribution in [3.8, 4) is 11.4 Å². The number of halogens is 1. The minimum Gasteiger partial charge on any atom is -0.337 e. The Bertz CT molecular complexity index is 1130. The summed E-state index contributed by atoms with van der Waals surface area (Å²) >= 11 is 6.17. The fourth-order valence-corrected chi connectivity index (χ4v) is 3.62. The molecular formula is C19H13ClN6O3. The number of hydrogen-bond acceptors (Lipinski definition) is 8. The summed E-state index contributed by atoms with van der Waals surface area (Å²) in [4.78, 5) is 31.1. The smallest absolute Gasteiger partial charge is 0.263 e. The summed E-state index contributed by atoms with van der Waals surface area (Å²) in [5.41, 5.74) is 1.14. The van der Waals surface area contributed by atoms with Crippen LogP contribution in [-0.2, 0) is 16.1 Å². The monoisotopic (exact) mass is 408 g/mol. The quantitative estimate of drug-likeness (QED) is 0.615. The molecule has 5 rings (SSSR count). The molecule has 9 nitrogen and oxygen atoms in total. The van der Waals surface area contributed by atoms with Gasteiger partial charge in [0.15, 0.2) is 12.1 Å². The SMILES string of the molecule is O=C1[C@@H]2N=NN(Cc3nc(-c4ccccc4Cl)no3)[C@H]2C(=O)N1c1ccccc1. The topological polar surface area (TPSA) is 104 Å². The second kappa shape index (κ2) is 6.78. The van der Waals surface area contributed by atoms with Gasteiger partial charge in [-0.3, -0.25) is 14.6 Å². The van der Waals surface area contributed by atoms with Gasteiger partial charge in [-0.15, -0.1) is 0 Å². The summed E-state index contributed by atoms with van der Waals surface area (Å²) < 4.78 is 5.29. The molecule has 2 atom stereocenters. The first-order valence-corrected chi connectivity index (χ1v) is 9.19. The highest BCUT2D eigenvalue weighted by molar-refractivity contribution is 6.33. The lowest BCUT2D eigenvalue weighted by molar-refractivity contribution is -0.123. The predicted molar refractivity (Wildman–Crippen MR) is 102 cm³/mol. The Morgan fingerprint density at radius 2 is 1.76 bits per heavy atom. The van der Waals surface area contributed by atoms with Gasteiger partial charge in [-0.25, -0.2) is 4.90 Å². The molecule has 29 heavy (non-hydrogen) atoms. The van der Waals surface area contributed by atoms with Crippen molar-refractivity contribution in [2.75, 3.05) is 4.90 Å². The van der Waals surface area contributed by atoms with E-state index in [-0.39, 0.29) is 18.3 Å². The summed E-state index contributed by atoms with van der Waals surface area (Å²) in [5, 5.41) is 13.8. The molecule has 3 aromatic rings. The average molecular weight is 409 g/mol. The van der Waals surface area contributed by atoms with Gasteiger partial charge in [-0.2, -0.15) is 10.1 Å². The first kappa shape index (κ1) is 17.5. The van der Waals surface area contributed by atoms with Crippen LogP contribution in [0.1, 0.15) is 5.89 Å². The van der Waals surface area contributed by atoms with Gasteiger partial charge in [0.05, 0.1) is 10.7 Å². The number of aromatic nitrogens is 2. The second-order valence-electron chi connectivity index (χ2n) is 6.53. The van der Waals surface area contributed by atoms with E-state index in [9.17, 15) is 9.59 Å². The molecule has 0 N–H and O–H groups in total. The minimum atomic E-state index is -0.881. The average Bonchev–Trinajstić information content (AvgIpc) is 3.42. The maximum Gasteiger partial charge on any atom is 0.263 e. The first-order chi connectivity index (χ1) is 14.1. The van der Waals surface area contributed by atoms with E-state index in [0.717, 1.165) is 4.90 Å². The van der Waals surface area contributed by atoms with Crippen LogP contribution in [0.5, 0.6) is 0 Å². The van der Waals surface area contributed by atoms with Crippen LogP contribution in [-0.4, -0.2) is 39.0 Å². The molecule has 10 heteroatoms. The number of anilines is 1. The van der Waals surface area contributed by atoms with Crippen molar-refractivity contribution < 1.29 is 14.1 Å². The van der Waals surface area contributed by atoms with Crippen molar-refractivity contribution in [3.63, 3.8) is 0 Å². The zero-order chi connectivity index (χ0) is 20.0. The van der Waals surface area contributed by atoms with E-state index in [4.69, 9.17) is 16.1 Å². The Hall–Kier alpha value is -3.59. The van der Waals surface area contributed by atoms with Crippen molar-refractivity contribution in [2.24, 2.45) is 10.3 Å². The Balaban J connectivity index is 1.38. The van der Waals surface area contributed by atoms with Crippen LogP contribution in [0.4, 0.5) is 5.69 Å². The number of amides is 2. The van der Waals surface area contributed by atoms with Gasteiger partial charge < -0.3 is 4.52 Å². The summed E-state index contributed by atoms with van der Waals surface area (Å²) in [6.07, 6.45) is 0. The summed E-state index contributed by atoms with van der Waals surface area (Å²) in [6, 6.07) is 14.2. The van der Waals surface area contributed by atoms with E-state index in [1.165, 1.54) is 5.01 Å². The Kier molecular flexibility index (Phi) is 4.09. The van der Waals surface area contributed by atoms with Crippen molar-refractivity contribution in [1.29, 1.82) is 0 Å².